The van der Waals surface area contributed by atoms with Gasteiger partial charge in [0.05, 0.1) is 12.3 Å². The van der Waals surface area contributed by atoms with Crippen LogP contribution in [-0.2, 0) is 21.1 Å². The molecule has 0 saturated heterocycles. The lowest BCUT2D eigenvalue weighted by Gasteiger charge is -2.11. The first-order valence-corrected chi connectivity index (χ1v) is 10.3. The molecule has 6 heteroatoms. The minimum atomic E-state index is -3.49. The van der Waals surface area contributed by atoms with Gasteiger partial charge in [0.1, 0.15) is 17.6 Å². The van der Waals surface area contributed by atoms with Crippen LogP contribution in [0.4, 0.5) is 0 Å². The quantitative estimate of drug-likeness (QED) is 0.810. The fourth-order valence-corrected chi connectivity index (χ4v) is 3.81. The number of ether oxygens (including phenoxy) is 1. The predicted octanol–water partition coefficient (Wildman–Crippen LogP) is 2.23. The summed E-state index contributed by atoms with van der Waals surface area (Å²) in [6.45, 7) is 0.295. The van der Waals surface area contributed by atoms with Gasteiger partial charge < -0.3 is 10.1 Å². The van der Waals surface area contributed by atoms with Gasteiger partial charge in [-0.05, 0) is 17.2 Å². The molecule has 0 spiro atoms. The van der Waals surface area contributed by atoms with Gasteiger partial charge in [0.15, 0.2) is 9.84 Å². The average Bonchev–Trinajstić information content (AvgIpc) is 3.03. The third-order valence-electron chi connectivity index (χ3n) is 4.05. The lowest BCUT2D eigenvalue weighted by Crippen LogP contribution is -2.38. The van der Waals surface area contributed by atoms with Crippen molar-refractivity contribution in [2.24, 2.45) is 0 Å². The standard InChI is InChI=1S/C20H21NO4S/c22-20(21-14-18-13-17-10-4-5-11-19(17)25-18)15-26(23,24)12-6-9-16-7-2-1-3-8-16/h1-11,18H,12-15H2,(H,21,22)/b9-6+. The normalized spacial score (nSPS) is 16.2. The summed E-state index contributed by atoms with van der Waals surface area (Å²) < 4.78 is 29.9. The van der Waals surface area contributed by atoms with Crippen LogP contribution >= 0.6 is 0 Å². The summed E-state index contributed by atoms with van der Waals surface area (Å²) in [6.07, 6.45) is 3.86. The van der Waals surface area contributed by atoms with E-state index in [0.29, 0.717) is 13.0 Å². The molecule has 2 aromatic rings. The molecule has 0 radical (unpaired) electrons. The van der Waals surface area contributed by atoms with Crippen LogP contribution in [0, 0.1) is 0 Å². The van der Waals surface area contributed by atoms with E-state index in [4.69, 9.17) is 4.74 Å². The summed E-state index contributed by atoms with van der Waals surface area (Å²) >= 11 is 0. The van der Waals surface area contributed by atoms with Crippen LogP contribution in [0.1, 0.15) is 11.1 Å². The van der Waals surface area contributed by atoms with E-state index in [1.165, 1.54) is 0 Å². The minimum Gasteiger partial charge on any atom is -0.488 e. The van der Waals surface area contributed by atoms with E-state index in [2.05, 4.69) is 5.32 Å². The number of sulfone groups is 1. The smallest absolute Gasteiger partial charge is 0.235 e. The highest BCUT2D eigenvalue weighted by molar-refractivity contribution is 7.92. The number of fused-ring (bicyclic) bond motifs is 1. The lowest BCUT2D eigenvalue weighted by molar-refractivity contribution is -0.118. The molecular weight excluding hydrogens is 350 g/mol. The molecule has 3 rings (SSSR count). The molecule has 2 aromatic carbocycles. The average molecular weight is 371 g/mol. The zero-order chi connectivity index (χ0) is 18.4. The number of rotatable bonds is 7. The third-order valence-corrected chi connectivity index (χ3v) is 5.45. The maximum Gasteiger partial charge on any atom is 0.235 e. The molecule has 1 aliphatic heterocycles. The van der Waals surface area contributed by atoms with Gasteiger partial charge in [-0.1, -0.05) is 60.7 Å². The van der Waals surface area contributed by atoms with Gasteiger partial charge >= 0.3 is 0 Å². The first-order chi connectivity index (χ1) is 12.5. The highest BCUT2D eigenvalue weighted by atomic mass is 32.2. The van der Waals surface area contributed by atoms with Gasteiger partial charge in [-0.2, -0.15) is 0 Å². The Balaban J connectivity index is 1.43. The minimum absolute atomic E-state index is 0.156. The molecule has 1 unspecified atom stereocenters. The van der Waals surface area contributed by atoms with E-state index < -0.39 is 21.5 Å². The Hall–Kier alpha value is -2.60. The van der Waals surface area contributed by atoms with E-state index in [9.17, 15) is 13.2 Å². The van der Waals surface area contributed by atoms with Crippen LogP contribution in [0.15, 0.2) is 60.7 Å². The molecule has 0 fully saturated rings. The number of carbonyl (C=O) groups is 1. The van der Waals surface area contributed by atoms with Crippen LogP contribution in [0.5, 0.6) is 5.75 Å². The van der Waals surface area contributed by atoms with Crippen molar-refractivity contribution in [3.63, 3.8) is 0 Å². The van der Waals surface area contributed by atoms with Gasteiger partial charge in [0.25, 0.3) is 0 Å². The van der Waals surface area contributed by atoms with Crippen LogP contribution < -0.4 is 10.1 Å². The highest BCUT2D eigenvalue weighted by Gasteiger charge is 2.23. The van der Waals surface area contributed by atoms with Crippen molar-refractivity contribution in [2.75, 3.05) is 18.1 Å². The summed E-state index contributed by atoms with van der Waals surface area (Å²) in [4.78, 5) is 12.0. The van der Waals surface area contributed by atoms with Crippen LogP contribution in [-0.4, -0.2) is 38.5 Å². The molecule has 0 bridgehead atoms. The first kappa shape index (κ1) is 18.2. The molecule has 0 aliphatic carbocycles. The van der Waals surface area contributed by atoms with E-state index in [0.717, 1.165) is 16.9 Å². The second kappa shape index (κ2) is 8.19. The van der Waals surface area contributed by atoms with E-state index in [-0.39, 0.29) is 11.9 Å². The van der Waals surface area contributed by atoms with Crippen molar-refractivity contribution in [1.29, 1.82) is 0 Å². The molecule has 1 aliphatic rings. The Morgan fingerprint density at radius 3 is 2.62 bits per heavy atom. The second-order valence-corrected chi connectivity index (χ2v) is 8.33. The van der Waals surface area contributed by atoms with Crippen LogP contribution in [0.25, 0.3) is 6.08 Å². The molecule has 0 aromatic heterocycles. The molecule has 0 saturated carbocycles. The summed E-state index contributed by atoms with van der Waals surface area (Å²) in [7, 11) is -3.49. The summed E-state index contributed by atoms with van der Waals surface area (Å²) in [6, 6.07) is 17.1. The Kier molecular flexibility index (Phi) is 5.73. The van der Waals surface area contributed by atoms with Crippen molar-refractivity contribution in [3.8, 4) is 5.75 Å². The number of hydrogen-bond donors (Lipinski definition) is 1. The summed E-state index contributed by atoms with van der Waals surface area (Å²) in [5.41, 5.74) is 2.02. The largest absolute Gasteiger partial charge is 0.488 e. The number of nitrogens with one attached hydrogen (secondary N) is 1. The molecule has 1 atom stereocenters. The molecule has 136 valence electrons. The Morgan fingerprint density at radius 2 is 1.85 bits per heavy atom. The highest BCUT2D eigenvalue weighted by Crippen LogP contribution is 2.27. The predicted molar refractivity (Wildman–Crippen MR) is 102 cm³/mol. The SMILES string of the molecule is O=C(CS(=O)(=O)C/C=C/c1ccccc1)NCC1Cc2ccccc2O1. The molecule has 5 nitrogen and oxygen atoms in total. The number of benzene rings is 2. The fraction of sp³-hybridized carbons (Fsp3) is 0.250. The van der Waals surface area contributed by atoms with E-state index in [1.54, 1.807) is 12.2 Å². The van der Waals surface area contributed by atoms with E-state index >= 15 is 0 Å². The topological polar surface area (TPSA) is 72.5 Å². The maximum atomic E-state index is 12.1. The zero-order valence-electron chi connectivity index (χ0n) is 14.3. The Labute approximate surface area is 153 Å². The van der Waals surface area contributed by atoms with Gasteiger partial charge in [-0.15, -0.1) is 0 Å². The van der Waals surface area contributed by atoms with Crippen LogP contribution in [0.2, 0.25) is 0 Å². The fourth-order valence-electron chi connectivity index (χ4n) is 2.80. The van der Waals surface area contributed by atoms with Crippen molar-refractivity contribution < 1.29 is 17.9 Å². The molecule has 1 heterocycles. The number of para-hydroxylation sites is 1. The van der Waals surface area contributed by atoms with Gasteiger partial charge in [-0.3, -0.25) is 4.79 Å². The van der Waals surface area contributed by atoms with Gasteiger partial charge in [0.2, 0.25) is 5.91 Å². The Bertz CT molecular complexity index is 866. The summed E-state index contributed by atoms with van der Waals surface area (Å²) in [5.74, 6) is -0.366. The number of carbonyl (C=O) groups excluding carboxylic acids is 1. The van der Waals surface area contributed by atoms with E-state index in [1.807, 2.05) is 54.6 Å². The third kappa shape index (κ3) is 5.20. The van der Waals surface area contributed by atoms with Crippen LogP contribution in [0.3, 0.4) is 0 Å². The molecular formula is C20H21NO4S. The maximum absolute atomic E-state index is 12.1. The van der Waals surface area contributed by atoms with Gasteiger partial charge in [-0.25, -0.2) is 8.42 Å². The zero-order valence-corrected chi connectivity index (χ0v) is 15.1. The van der Waals surface area contributed by atoms with Crippen molar-refractivity contribution in [2.45, 2.75) is 12.5 Å². The van der Waals surface area contributed by atoms with Gasteiger partial charge in [0, 0.05) is 6.42 Å². The van der Waals surface area contributed by atoms with Crippen molar-refractivity contribution >= 4 is 21.8 Å². The molecule has 1 N–H and O–H groups in total. The number of amides is 1. The first-order valence-electron chi connectivity index (χ1n) is 8.45. The monoisotopic (exact) mass is 371 g/mol. The van der Waals surface area contributed by atoms with Crippen molar-refractivity contribution in [1.82, 2.24) is 5.32 Å². The lowest BCUT2D eigenvalue weighted by atomic mass is 10.1. The number of hydrogen-bond acceptors (Lipinski definition) is 4. The molecule has 26 heavy (non-hydrogen) atoms. The summed E-state index contributed by atoms with van der Waals surface area (Å²) in [5, 5.41) is 2.66. The molecule has 1 amide bonds. The van der Waals surface area contributed by atoms with Crippen molar-refractivity contribution in [3.05, 3.63) is 71.8 Å². The Morgan fingerprint density at radius 1 is 1.12 bits per heavy atom. The second-order valence-electron chi connectivity index (χ2n) is 6.22.